The summed E-state index contributed by atoms with van der Waals surface area (Å²) in [6, 6.07) is 3.85. The van der Waals surface area contributed by atoms with Crippen molar-refractivity contribution in [2.75, 3.05) is 18.0 Å². The Hall–Kier alpha value is -0.800. The molecule has 0 aromatic carbocycles. The van der Waals surface area contributed by atoms with Gasteiger partial charge in [0.15, 0.2) is 0 Å². The molecule has 1 N–H and O–H groups in total. The lowest BCUT2D eigenvalue weighted by Crippen LogP contribution is -2.39. The van der Waals surface area contributed by atoms with Gasteiger partial charge in [0.25, 0.3) is 0 Å². The van der Waals surface area contributed by atoms with Crippen molar-refractivity contribution >= 4 is 17.3 Å². The molecule has 88 valence electrons. The Morgan fingerprint density at radius 3 is 3.12 bits per heavy atom. The minimum atomic E-state index is -0.236. The molecule has 1 fully saturated rings. The first-order valence-corrected chi connectivity index (χ1v) is 6.09. The molecule has 4 heteroatoms. The molecule has 2 heterocycles. The highest BCUT2D eigenvalue weighted by atomic mass is 35.5. The van der Waals surface area contributed by atoms with Crippen LogP contribution in [0.3, 0.4) is 0 Å². The van der Waals surface area contributed by atoms with Crippen LogP contribution in [0.25, 0.3) is 0 Å². The molecule has 1 aliphatic rings. The summed E-state index contributed by atoms with van der Waals surface area (Å²) >= 11 is 5.88. The molecule has 2 rings (SSSR count). The Labute approximate surface area is 101 Å². The smallest absolute Gasteiger partial charge is 0.131 e. The molecule has 0 spiro atoms. The Morgan fingerprint density at radius 2 is 2.44 bits per heavy atom. The molecule has 3 nitrogen and oxygen atoms in total. The molecular weight excluding hydrogens is 224 g/mol. The van der Waals surface area contributed by atoms with E-state index in [1.54, 1.807) is 6.20 Å². The standard InChI is InChI=1S/C12H17ClN2O/c1-9(16)10-3-2-6-15(8-10)11-4-5-14-12(13)7-11/h4-5,7,9-10,16H,2-3,6,8H2,1H3. The van der Waals surface area contributed by atoms with Gasteiger partial charge in [0.2, 0.25) is 0 Å². The molecule has 1 aromatic rings. The van der Waals surface area contributed by atoms with Gasteiger partial charge in [-0.2, -0.15) is 0 Å². The van der Waals surface area contributed by atoms with E-state index in [4.69, 9.17) is 11.6 Å². The Morgan fingerprint density at radius 1 is 1.62 bits per heavy atom. The monoisotopic (exact) mass is 240 g/mol. The SMILES string of the molecule is CC(O)C1CCCN(c2ccnc(Cl)c2)C1. The number of halogens is 1. The van der Waals surface area contributed by atoms with Crippen LogP contribution in [-0.4, -0.2) is 29.3 Å². The molecule has 16 heavy (non-hydrogen) atoms. The lowest BCUT2D eigenvalue weighted by atomic mass is 9.93. The minimum absolute atomic E-state index is 0.236. The number of hydrogen-bond acceptors (Lipinski definition) is 3. The van der Waals surface area contributed by atoms with E-state index in [0.717, 1.165) is 31.6 Å². The highest BCUT2D eigenvalue weighted by molar-refractivity contribution is 6.29. The van der Waals surface area contributed by atoms with Gasteiger partial charge < -0.3 is 10.0 Å². The molecule has 0 aliphatic carbocycles. The van der Waals surface area contributed by atoms with Crippen LogP contribution in [-0.2, 0) is 0 Å². The third kappa shape index (κ3) is 2.66. The number of aliphatic hydroxyl groups excluding tert-OH is 1. The maximum Gasteiger partial charge on any atom is 0.131 e. The Bertz CT molecular complexity index is 357. The molecule has 0 amide bonds. The van der Waals surface area contributed by atoms with Crippen LogP contribution >= 0.6 is 11.6 Å². The first-order valence-electron chi connectivity index (χ1n) is 5.71. The first kappa shape index (κ1) is 11.7. The van der Waals surface area contributed by atoms with Gasteiger partial charge in [0, 0.05) is 30.9 Å². The van der Waals surface area contributed by atoms with Crippen molar-refractivity contribution in [1.29, 1.82) is 0 Å². The fraction of sp³-hybridized carbons (Fsp3) is 0.583. The summed E-state index contributed by atoms with van der Waals surface area (Å²) < 4.78 is 0. The quantitative estimate of drug-likeness (QED) is 0.807. The number of anilines is 1. The number of hydrogen-bond donors (Lipinski definition) is 1. The molecule has 2 atom stereocenters. The van der Waals surface area contributed by atoms with Crippen molar-refractivity contribution in [1.82, 2.24) is 4.98 Å². The van der Waals surface area contributed by atoms with Gasteiger partial charge in [-0.1, -0.05) is 11.6 Å². The maximum atomic E-state index is 9.63. The summed E-state index contributed by atoms with van der Waals surface area (Å²) in [6.45, 7) is 3.80. The van der Waals surface area contributed by atoms with Crippen molar-refractivity contribution in [2.45, 2.75) is 25.9 Å². The van der Waals surface area contributed by atoms with Crippen molar-refractivity contribution in [3.63, 3.8) is 0 Å². The molecule has 1 saturated heterocycles. The van der Waals surface area contributed by atoms with E-state index >= 15 is 0 Å². The topological polar surface area (TPSA) is 36.4 Å². The zero-order valence-electron chi connectivity index (χ0n) is 9.43. The van der Waals surface area contributed by atoms with Crippen LogP contribution in [0.5, 0.6) is 0 Å². The fourth-order valence-corrected chi connectivity index (χ4v) is 2.40. The molecule has 0 radical (unpaired) electrons. The summed E-state index contributed by atoms with van der Waals surface area (Å²) in [5, 5.41) is 10.2. The number of aromatic nitrogens is 1. The summed E-state index contributed by atoms with van der Waals surface area (Å²) in [5.41, 5.74) is 1.10. The average Bonchev–Trinajstić information content (AvgIpc) is 2.29. The van der Waals surface area contributed by atoms with Gasteiger partial charge in [-0.15, -0.1) is 0 Å². The second-order valence-corrected chi connectivity index (χ2v) is 4.81. The minimum Gasteiger partial charge on any atom is -0.393 e. The van der Waals surface area contributed by atoms with Crippen LogP contribution < -0.4 is 4.90 Å². The zero-order chi connectivity index (χ0) is 11.5. The van der Waals surface area contributed by atoms with Crippen molar-refractivity contribution in [2.24, 2.45) is 5.92 Å². The molecule has 2 unspecified atom stereocenters. The van der Waals surface area contributed by atoms with Crippen LogP contribution in [0.4, 0.5) is 5.69 Å². The summed E-state index contributed by atoms with van der Waals surface area (Å²) in [4.78, 5) is 6.25. The second kappa shape index (κ2) is 5.02. The Kier molecular flexibility index (Phi) is 3.66. The average molecular weight is 241 g/mol. The van der Waals surface area contributed by atoms with E-state index < -0.39 is 0 Å². The molecule has 0 bridgehead atoms. The highest BCUT2D eigenvalue weighted by Crippen LogP contribution is 2.25. The summed E-state index contributed by atoms with van der Waals surface area (Å²) in [5.74, 6) is 0.362. The molecule has 1 aromatic heterocycles. The largest absolute Gasteiger partial charge is 0.393 e. The predicted molar refractivity (Wildman–Crippen MR) is 65.9 cm³/mol. The third-order valence-corrected chi connectivity index (χ3v) is 3.42. The lowest BCUT2D eigenvalue weighted by molar-refractivity contribution is 0.115. The molecular formula is C12H17ClN2O. The van der Waals surface area contributed by atoms with Crippen LogP contribution in [0.2, 0.25) is 5.15 Å². The molecule has 1 aliphatic heterocycles. The first-order chi connectivity index (χ1) is 7.66. The Balaban J connectivity index is 2.09. The highest BCUT2D eigenvalue weighted by Gasteiger charge is 2.23. The second-order valence-electron chi connectivity index (χ2n) is 4.43. The van der Waals surface area contributed by atoms with Crippen LogP contribution in [0, 0.1) is 5.92 Å². The lowest BCUT2D eigenvalue weighted by Gasteiger charge is -2.35. The van der Waals surface area contributed by atoms with Gasteiger partial charge in [-0.25, -0.2) is 4.98 Å². The van der Waals surface area contributed by atoms with E-state index in [1.165, 1.54) is 0 Å². The summed E-state index contributed by atoms with van der Waals surface area (Å²) in [7, 11) is 0. The maximum absolute atomic E-state index is 9.63. The van der Waals surface area contributed by atoms with E-state index in [9.17, 15) is 5.11 Å². The van der Waals surface area contributed by atoms with Gasteiger partial charge >= 0.3 is 0 Å². The number of piperidine rings is 1. The van der Waals surface area contributed by atoms with Crippen molar-refractivity contribution in [3.05, 3.63) is 23.5 Å². The van der Waals surface area contributed by atoms with Gasteiger partial charge in [0.1, 0.15) is 5.15 Å². The number of aliphatic hydroxyl groups is 1. The van der Waals surface area contributed by atoms with E-state index in [1.807, 2.05) is 19.1 Å². The van der Waals surface area contributed by atoms with Gasteiger partial charge in [-0.05, 0) is 31.9 Å². The fourth-order valence-electron chi connectivity index (χ4n) is 2.23. The van der Waals surface area contributed by atoms with Crippen LogP contribution in [0.15, 0.2) is 18.3 Å². The van der Waals surface area contributed by atoms with Crippen LogP contribution in [0.1, 0.15) is 19.8 Å². The van der Waals surface area contributed by atoms with Crippen molar-refractivity contribution < 1.29 is 5.11 Å². The van der Waals surface area contributed by atoms with Crippen molar-refractivity contribution in [3.8, 4) is 0 Å². The van der Waals surface area contributed by atoms with E-state index in [-0.39, 0.29) is 6.10 Å². The van der Waals surface area contributed by atoms with E-state index in [0.29, 0.717) is 11.1 Å². The normalized spacial score (nSPS) is 23.2. The predicted octanol–water partition coefficient (Wildman–Crippen LogP) is 2.33. The van der Waals surface area contributed by atoms with Gasteiger partial charge in [0.05, 0.1) is 6.10 Å². The summed E-state index contributed by atoms with van der Waals surface area (Å²) in [6.07, 6.45) is 3.71. The zero-order valence-corrected chi connectivity index (χ0v) is 10.2. The molecule has 0 saturated carbocycles. The number of nitrogens with zero attached hydrogens (tertiary/aromatic N) is 2. The number of pyridine rings is 1. The third-order valence-electron chi connectivity index (χ3n) is 3.22. The number of rotatable bonds is 2. The van der Waals surface area contributed by atoms with Gasteiger partial charge in [-0.3, -0.25) is 0 Å². The van der Waals surface area contributed by atoms with E-state index in [2.05, 4.69) is 9.88 Å².